The van der Waals surface area contributed by atoms with Crippen molar-refractivity contribution in [3.8, 4) is 0 Å². The minimum atomic E-state index is -0.608. The molecule has 1 aromatic carbocycles. The number of rotatable bonds is 7. The van der Waals surface area contributed by atoms with Gasteiger partial charge in [-0.25, -0.2) is 0 Å². The van der Waals surface area contributed by atoms with Crippen LogP contribution in [-0.2, 0) is 4.79 Å². The van der Waals surface area contributed by atoms with E-state index in [2.05, 4.69) is 31.2 Å². The van der Waals surface area contributed by atoms with Crippen LogP contribution in [0.4, 0.5) is 0 Å². The van der Waals surface area contributed by atoms with Crippen LogP contribution in [0.2, 0.25) is 0 Å². The van der Waals surface area contributed by atoms with Crippen molar-refractivity contribution >= 4 is 17.7 Å². The average Bonchev–Trinajstić information content (AvgIpc) is 2.86. The van der Waals surface area contributed by atoms with Gasteiger partial charge in [0.15, 0.2) is 0 Å². The monoisotopic (exact) mass is 292 g/mol. The quantitative estimate of drug-likeness (QED) is 0.773. The average molecular weight is 292 g/mol. The van der Waals surface area contributed by atoms with Gasteiger partial charge >= 0.3 is 5.97 Å². The molecule has 0 saturated heterocycles. The van der Waals surface area contributed by atoms with Gasteiger partial charge in [-0.2, -0.15) is 0 Å². The van der Waals surface area contributed by atoms with Gasteiger partial charge in [-0.15, -0.1) is 11.8 Å². The fourth-order valence-corrected chi connectivity index (χ4v) is 4.41. The number of benzene rings is 1. The smallest absolute Gasteiger partial charge is 0.309 e. The molecule has 2 unspecified atom stereocenters. The molecule has 1 N–H and O–H groups in total. The summed E-state index contributed by atoms with van der Waals surface area (Å²) in [6.07, 6.45) is 4.37. The van der Waals surface area contributed by atoms with E-state index in [1.807, 2.05) is 18.7 Å². The zero-order chi connectivity index (χ0) is 14.6. The topological polar surface area (TPSA) is 37.3 Å². The highest BCUT2D eigenvalue weighted by atomic mass is 32.2. The molecular weight excluding hydrogens is 268 g/mol. The maximum absolute atomic E-state index is 11.9. The van der Waals surface area contributed by atoms with E-state index in [1.54, 1.807) is 0 Å². The molecule has 0 bridgehead atoms. The number of fused-ring (bicyclic) bond motifs is 1. The molecule has 1 aromatic rings. The fraction of sp³-hybridized carbons (Fsp3) is 0.588. The Morgan fingerprint density at radius 1 is 1.40 bits per heavy atom. The second kappa shape index (κ2) is 6.66. The van der Waals surface area contributed by atoms with Crippen LogP contribution in [0.25, 0.3) is 0 Å². The Morgan fingerprint density at radius 3 is 2.80 bits per heavy atom. The molecule has 0 aromatic heterocycles. The van der Waals surface area contributed by atoms with E-state index in [0.717, 1.165) is 37.9 Å². The molecule has 0 radical (unpaired) electrons. The second-order valence-corrected chi connectivity index (χ2v) is 6.85. The third-order valence-electron chi connectivity index (χ3n) is 4.58. The molecule has 1 heterocycles. The fourth-order valence-electron chi connectivity index (χ4n) is 3.15. The Kier molecular flexibility index (Phi) is 5.14. The summed E-state index contributed by atoms with van der Waals surface area (Å²) in [6, 6.07) is 8.45. The standard InChI is InChI=1S/C17H24O2S/c1-3-5-10-17(4-2,16(18)19)11-13-12-20-15-9-7-6-8-14(13)15/h6-9,13H,3-5,10-12H2,1-2H3,(H,18,19). The zero-order valence-electron chi connectivity index (χ0n) is 12.4. The molecule has 20 heavy (non-hydrogen) atoms. The van der Waals surface area contributed by atoms with Crippen LogP contribution in [0.5, 0.6) is 0 Å². The van der Waals surface area contributed by atoms with E-state index in [4.69, 9.17) is 0 Å². The lowest BCUT2D eigenvalue weighted by Gasteiger charge is -2.31. The Balaban J connectivity index is 2.19. The van der Waals surface area contributed by atoms with E-state index < -0.39 is 11.4 Å². The summed E-state index contributed by atoms with van der Waals surface area (Å²) in [5.74, 6) is 0.812. The summed E-state index contributed by atoms with van der Waals surface area (Å²) in [7, 11) is 0. The summed E-state index contributed by atoms with van der Waals surface area (Å²) in [4.78, 5) is 13.2. The number of aliphatic carboxylic acids is 1. The van der Waals surface area contributed by atoms with Crippen molar-refractivity contribution < 1.29 is 9.90 Å². The number of carboxylic acid groups (broad SMARTS) is 1. The lowest BCUT2D eigenvalue weighted by atomic mass is 9.72. The molecule has 0 amide bonds. The SMILES string of the molecule is CCCCC(CC)(CC1CSc2ccccc21)C(=O)O. The minimum absolute atomic E-state index is 0.393. The lowest BCUT2D eigenvalue weighted by molar-refractivity contribution is -0.150. The van der Waals surface area contributed by atoms with E-state index in [1.165, 1.54) is 10.5 Å². The number of unbranched alkanes of at least 4 members (excludes halogenated alkanes) is 1. The van der Waals surface area contributed by atoms with Crippen molar-refractivity contribution in [2.75, 3.05) is 5.75 Å². The van der Waals surface area contributed by atoms with Crippen molar-refractivity contribution in [1.29, 1.82) is 0 Å². The van der Waals surface area contributed by atoms with Gasteiger partial charge in [0, 0.05) is 10.6 Å². The lowest BCUT2D eigenvalue weighted by Crippen LogP contribution is -2.32. The van der Waals surface area contributed by atoms with Crippen LogP contribution in [0.3, 0.4) is 0 Å². The van der Waals surface area contributed by atoms with Crippen LogP contribution in [0.1, 0.15) is 57.4 Å². The molecule has 2 rings (SSSR count). The summed E-state index contributed by atoms with van der Waals surface area (Å²) in [5, 5.41) is 9.75. The maximum atomic E-state index is 11.9. The summed E-state index contributed by atoms with van der Waals surface area (Å²) in [5.41, 5.74) is 0.812. The molecule has 2 atom stereocenters. The van der Waals surface area contributed by atoms with Crippen LogP contribution in [0.15, 0.2) is 29.2 Å². The number of hydrogen-bond acceptors (Lipinski definition) is 2. The molecule has 0 fully saturated rings. The highest BCUT2D eigenvalue weighted by Crippen LogP contribution is 2.47. The van der Waals surface area contributed by atoms with Gasteiger partial charge in [-0.3, -0.25) is 4.79 Å². The van der Waals surface area contributed by atoms with E-state index >= 15 is 0 Å². The highest BCUT2D eigenvalue weighted by Gasteiger charge is 2.40. The van der Waals surface area contributed by atoms with Crippen molar-refractivity contribution in [2.24, 2.45) is 5.41 Å². The zero-order valence-corrected chi connectivity index (χ0v) is 13.2. The number of thioether (sulfide) groups is 1. The summed E-state index contributed by atoms with van der Waals surface area (Å²) >= 11 is 1.87. The maximum Gasteiger partial charge on any atom is 0.309 e. The Hall–Kier alpha value is -0.960. The van der Waals surface area contributed by atoms with Crippen LogP contribution in [-0.4, -0.2) is 16.8 Å². The van der Waals surface area contributed by atoms with Crippen LogP contribution >= 0.6 is 11.8 Å². The van der Waals surface area contributed by atoms with Crippen molar-refractivity contribution in [2.45, 2.75) is 56.8 Å². The first kappa shape index (κ1) is 15.4. The van der Waals surface area contributed by atoms with Crippen molar-refractivity contribution in [3.05, 3.63) is 29.8 Å². The van der Waals surface area contributed by atoms with Gasteiger partial charge in [-0.1, -0.05) is 44.9 Å². The highest BCUT2D eigenvalue weighted by molar-refractivity contribution is 7.99. The Labute approximate surface area is 126 Å². The normalized spacial score (nSPS) is 20.4. The Bertz CT molecular complexity index is 472. The van der Waals surface area contributed by atoms with Gasteiger partial charge < -0.3 is 5.11 Å². The number of carboxylic acids is 1. The predicted molar refractivity (Wildman–Crippen MR) is 84.4 cm³/mol. The minimum Gasteiger partial charge on any atom is -0.481 e. The predicted octanol–water partition coefficient (Wildman–Crippen LogP) is 4.94. The molecule has 0 aliphatic carbocycles. The summed E-state index contributed by atoms with van der Waals surface area (Å²) < 4.78 is 0. The molecule has 1 aliphatic rings. The first-order valence-electron chi connectivity index (χ1n) is 7.58. The largest absolute Gasteiger partial charge is 0.481 e. The van der Waals surface area contributed by atoms with Gasteiger partial charge in [0.1, 0.15) is 0 Å². The van der Waals surface area contributed by atoms with Crippen molar-refractivity contribution in [1.82, 2.24) is 0 Å². The van der Waals surface area contributed by atoms with Crippen LogP contribution in [0, 0.1) is 5.41 Å². The van der Waals surface area contributed by atoms with E-state index in [0.29, 0.717) is 5.92 Å². The van der Waals surface area contributed by atoms with Crippen LogP contribution < -0.4 is 0 Å². The van der Waals surface area contributed by atoms with E-state index in [9.17, 15) is 9.90 Å². The molecule has 1 aliphatic heterocycles. The molecule has 0 saturated carbocycles. The molecule has 2 nitrogen and oxygen atoms in total. The first-order valence-corrected chi connectivity index (χ1v) is 8.56. The third-order valence-corrected chi connectivity index (χ3v) is 5.83. The van der Waals surface area contributed by atoms with Gasteiger partial charge in [0.25, 0.3) is 0 Å². The molecular formula is C17H24O2S. The third kappa shape index (κ3) is 3.03. The second-order valence-electron chi connectivity index (χ2n) is 5.79. The molecule has 3 heteroatoms. The number of hydrogen-bond donors (Lipinski definition) is 1. The van der Waals surface area contributed by atoms with Gasteiger partial charge in [0.05, 0.1) is 5.41 Å². The number of carbonyl (C=O) groups is 1. The summed E-state index contributed by atoms with van der Waals surface area (Å²) in [6.45, 7) is 4.15. The molecule has 110 valence electrons. The molecule has 0 spiro atoms. The van der Waals surface area contributed by atoms with Gasteiger partial charge in [0.2, 0.25) is 0 Å². The van der Waals surface area contributed by atoms with Gasteiger partial charge in [-0.05, 0) is 36.8 Å². The van der Waals surface area contributed by atoms with Crippen molar-refractivity contribution in [3.63, 3.8) is 0 Å². The first-order chi connectivity index (χ1) is 9.63. The van der Waals surface area contributed by atoms with E-state index in [-0.39, 0.29) is 0 Å². The Morgan fingerprint density at radius 2 is 2.15 bits per heavy atom.